The van der Waals surface area contributed by atoms with Crippen LogP contribution in [0.4, 0.5) is 10.1 Å². The fraction of sp³-hybridized carbons (Fsp3) is 0.333. The summed E-state index contributed by atoms with van der Waals surface area (Å²) in [6, 6.07) is 4.09. The van der Waals surface area contributed by atoms with E-state index in [4.69, 9.17) is 5.11 Å². The first-order chi connectivity index (χ1) is 7.99. The second-order valence-corrected chi connectivity index (χ2v) is 4.15. The number of hydrogen-bond donors (Lipinski definition) is 1. The molecule has 2 rings (SSSR count). The highest BCUT2D eigenvalue weighted by Gasteiger charge is 2.30. The van der Waals surface area contributed by atoms with Crippen molar-refractivity contribution >= 4 is 17.6 Å². The van der Waals surface area contributed by atoms with Crippen molar-refractivity contribution in [1.29, 1.82) is 0 Å². The predicted octanol–water partition coefficient (Wildman–Crippen LogP) is 1.75. The number of fused-ring (bicyclic) bond motifs is 1. The van der Waals surface area contributed by atoms with Crippen molar-refractivity contribution in [2.45, 2.75) is 18.8 Å². The van der Waals surface area contributed by atoms with Gasteiger partial charge in [-0.05, 0) is 23.8 Å². The third-order valence-electron chi connectivity index (χ3n) is 3.01. The van der Waals surface area contributed by atoms with Crippen molar-refractivity contribution < 1.29 is 19.1 Å². The van der Waals surface area contributed by atoms with E-state index in [0.717, 1.165) is 0 Å². The molecule has 0 aliphatic carbocycles. The normalized spacial score (nSPS) is 19.1. The lowest BCUT2D eigenvalue weighted by Gasteiger charge is -2.30. The first-order valence-corrected chi connectivity index (χ1v) is 5.27. The van der Waals surface area contributed by atoms with E-state index in [1.54, 1.807) is 7.05 Å². The molecule has 0 saturated heterocycles. The Balaban J connectivity index is 2.46. The molecule has 90 valence electrons. The van der Waals surface area contributed by atoms with Crippen LogP contribution in [-0.4, -0.2) is 24.0 Å². The number of carbonyl (C=O) groups excluding carboxylic acids is 1. The van der Waals surface area contributed by atoms with Crippen molar-refractivity contribution in [2.24, 2.45) is 0 Å². The van der Waals surface area contributed by atoms with E-state index in [-0.39, 0.29) is 18.7 Å². The van der Waals surface area contributed by atoms with E-state index in [2.05, 4.69) is 0 Å². The smallest absolute Gasteiger partial charge is 0.303 e. The zero-order valence-electron chi connectivity index (χ0n) is 9.31. The summed E-state index contributed by atoms with van der Waals surface area (Å²) in [5.41, 5.74) is 1.18. The van der Waals surface area contributed by atoms with Gasteiger partial charge in [-0.15, -0.1) is 0 Å². The molecule has 5 heteroatoms. The van der Waals surface area contributed by atoms with E-state index in [1.165, 1.54) is 23.1 Å². The zero-order valence-corrected chi connectivity index (χ0v) is 9.31. The van der Waals surface area contributed by atoms with E-state index in [1.807, 2.05) is 0 Å². The number of carboxylic acid groups (broad SMARTS) is 1. The van der Waals surface area contributed by atoms with Crippen LogP contribution in [0.25, 0.3) is 0 Å². The topological polar surface area (TPSA) is 57.6 Å². The molecule has 0 saturated carbocycles. The number of anilines is 1. The summed E-state index contributed by atoms with van der Waals surface area (Å²) in [5.74, 6) is -1.98. The SMILES string of the molecule is CN1C(=O)CC(CC(=O)O)c2cc(F)ccc21. The van der Waals surface area contributed by atoms with E-state index < -0.39 is 17.7 Å². The summed E-state index contributed by atoms with van der Waals surface area (Å²) < 4.78 is 13.2. The average Bonchev–Trinajstić information content (AvgIpc) is 2.25. The Kier molecular flexibility index (Phi) is 2.83. The van der Waals surface area contributed by atoms with Crippen molar-refractivity contribution in [1.82, 2.24) is 0 Å². The highest BCUT2D eigenvalue weighted by atomic mass is 19.1. The predicted molar refractivity (Wildman–Crippen MR) is 59.4 cm³/mol. The number of carboxylic acids is 1. The number of hydrogen-bond acceptors (Lipinski definition) is 2. The minimum Gasteiger partial charge on any atom is -0.481 e. The molecule has 0 bridgehead atoms. The standard InChI is InChI=1S/C12H12FNO3/c1-14-10-3-2-8(13)6-9(10)7(4-11(14)15)5-12(16)17/h2-3,6-7H,4-5H2,1H3,(H,16,17). The van der Waals surface area contributed by atoms with Crippen LogP contribution < -0.4 is 4.90 Å². The molecule has 17 heavy (non-hydrogen) atoms. The summed E-state index contributed by atoms with van der Waals surface area (Å²) in [6.07, 6.45) is -0.0463. The molecule has 0 radical (unpaired) electrons. The zero-order chi connectivity index (χ0) is 12.6. The largest absolute Gasteiger partial charge is 0.481 e. The fourth-order valence-corrected chi connectivity index (χ4v) is 2.14. The Hall–Kier alpha value is -1.91. The van der Waals surface area contributed by atoms with Crippen molar-refractivity contribution in [3.63, 3.8) is 0 Å². The molecular weight excluding hydrogens is 225 g/mol. The van der Waals surface area contributed by atoms with Gasteiger partial charge in [0.1, 0.15) is 5.82 Å². The van der Waals surface area contributed by atoms with Crippen molar-refractivity contribution in [3.8, 4) is 0 Å². The van der Waals surface area contributed by atoms with Crippen LogP contribution in [-0.2, 0) is 9.59 Å². The van der Waals surface area contributed by atoms with Crippen LogP contribution in [0.1, 0.15) is 24.3 Å². The minimum atomic E-state index is -0.984. The first-order valence-electron chi connectivity index (χ1n) is 5.27. The van der Waals surface area contributed by atoms with Crippen LogP contribution >= 0.6 is 0 Å². The lowest BCUT2D eigenvalue weighted by molar-refractivity contribution is -0.137. The second kappa shape index (κ2) is 4.16. The molecule has 1 N–H and O–H groups in total. The van der Waals surface area contributed by atoms with Gasteiger partial charge in [0.25, 0.3) is 0 Å². The first kappa shape index (κ1) is 11.6. The number of halogens is 1. The van der Waals surface area contributed by atoms with Crippen LogP contribution in [0.2, 0.25) is 0 Å². The van der Waals surface area contributed by atoms with Gasteiger partial charge < -0.3 is 10.0 Å². The van der Waals surface area contributed by atoms with Gasteiger partial charge in [-0.1, -0.05) is 0 Å². The molecule has 1 aliphatic heterocycles. The molecule has 0 spiro atoms. The summed E-state index contributed by atoms with van der Waals surface area (Å²) in [7, 11) is 1.61. The third-order valence-corrected chi connectivity index (χ3v) is 3.01. The van der Waals surface area contributed by atoms with Gasteiger partial charge in [0, 0.05) is 25.1 Å². The highest BCUT2D eigenvalue weighted by Crippen LogP contribution is 2.37. The summed E-state index contributed by atoms with van der Waals surface area (Å²) >= 11 is 0. The molecule has 1 amide bonds. The summed E-state index contributed by atoms with van der Waals surface area (Å²) in [4.78, 5) is 23.8. The minimum absolute atomic E-state index is 0.110. The van der Waals surface area contributed by atoms with E-state index >= 15 is 0 Å². The third kappa shape index (κ3) is 2.13. The number of amides is 1. The maximum absolute atomic E-state index is 13.2. The maximum atomic E-state index is 13.2. The molecule has 1 aromatic rings. The number of rotatable bonds is 2. The molecule has 1 aromatic carbocycles. The molecule has 0 fully saturated rings. The molecule has 1 atom stereocenters. The Morgan fingerprint density at radius 3 is 2.94 bits per heavy atom. The van der Waals surface area contributed by atoms with Gasteiger partial charge in [0.05, 0.1) is 6.42 Å². The van der Waals surface area contributed by atoms with E-state index in [0.29, 0.717) is 11.3 Å². The van der Waals surface area contributed by atoms with Crippen LogP contribution in [0.5, 0.6) is 0 Å². The average molecular weight is 237 g/mol. The van der Waals surface area contributed by atoms with Gasteiger partial charge in [-0.25, -0.2) is 4.39 Å². The lowest BCUT2D eigenvalue weighted by atomic mass is 9.87. The van der Waals surface area contributed by atoms with Crippen LogP contribution in [0, 0.1) is 5.82 Å². The Bertz CT molecular complexity index is 487. The quantitative estimate of drug-likeness (QED) is 0.852. The number of nitrogens with zero attached hydrogens (tertiary/aromatic N) is 1. The number of aliphatic carboxylic acids is 1. The molecule has 1 aliphatic rings. The Labute approximate surface area is 97.7 Å². The van der Waals surface area contributed by atoms with E-state index in [9.17, 15) is 14.0 Å². The molecule has 4 nitrogen and oxygen atoms in total. The van der Waals surface area contributed by atoms with Gasteiger partial charge in [0.15, 0.2) is 0 Å². The van der Waals surface area contributed by atoms with Crippen LogP contribution in [0.15, 0.2) is 18.2 Å². The fourth-order valence-electron chi connectivity index (χ4n) is 2.14. The summed E-state index contributed by atoms with van der Waals surface area (Å²) in [5, 5.41) is 8.79. The Morgan fingerprint density at radius 2 is 2.29 bits per heavy atom. The lowest BCUT2D eigenvalue weighted by Crippen LogP contribution is -2.33. The van der Waals surface area contributed by atoms with Crippen molar-refractivity contribution in [3.05, 3.63) is 29.6 Å². The van der Waals surface area contributed by atoms with Crippen molar-refractivity contribution in [2.75, 3.05) is 11.9 Å². The molecule has 1 unspecified atom stereocenters. The van der Waals surface area contributed by atoms with Gasteiger partial charge in [-0.2, -0.15) is 0 Å². The highest BCUT2D eigenvalue weighted by molar-refractivity contribution is 5.97. The number of carbonyl (C=O) groups is 2. The summed E-state index contributed by atoms with van der Waals surface area (Å²) in [6.45, 7) is 0. The number of benzene rings is 1. The molecule has 0 aromatic heterocycles. The second-order valence-electron chi connectivity index (χ2n) is 4.15. The van der Waals surface area contributed by atoms with Gasteiger partial charge in [-0.3, -0.25) is 9.59 Å². The molecule has 1 heterocycles. The van der Waals surface area contributed by atoms with Gasteiger partial charge in [0.2, 0.25) is 5.91 Å². The van der Waals surface area contributed by atoms with Gasteiger partial charge >= 0.3 is 5.97 Å². The Morgan fingerprint density at radius 1 is 1.59 bits per heavy atom. The monoisotopic (exact) mass is 237 g/mol. The van der Waals surface area contributed by atoms with Crippen LogP contribution in [0.3, 0.4) is 0 Å². The maximum Gasteiger partial charge on any atom is 0.303 e. The molecular formula is C12H12FNO3.